The third-order valence-corrected chi connectivity index (χ3v) is 2.12. The van der Waals surface area contributed by atoms with Gasteiger partial charge in [-0.05, 0) is 17.7 Å². The Balaban J connectivity index is 2.30. The monoisotopic (exact) mass is 269 g/mol. The molecule has 1 atom stereocenters. The summed E-state index contributed by atoms with van der Waals surface area (Å²) in [5, 5.41) is 10.1. The van der Waals surface area contributed by atoms with E-state index in [2.05, 4.69) is 10.3 Å². The summed E-state index contributed by atoms with van der Waals surface area (Å²) in [5.41, 5.74) is 2.59. The van der Waals surface area contributed by atoms with Gasteiger partial charge in [-0.2, -0.15) is 18.7 Å². The summed E-state index contributed by atoms with van der Waals surface area (Å²) in [4.78, 5) is 4.15. The minimum absolute atomic E-state index is 0.141. The minimum Gasteiger partial charge on any atom is -0.387 e. The highest BCUT2D eigenvalue weighted by molar-refractivity contribution is 6.30. The van der Waals surface area contributed by atoms with Crippen molar-refractivity contribution < 1.29 is 23.1 Å². The van der Waals surface area contributed by atoms with Crippen LogP contribution in [-0.2, 0) is 4.84 Å². The van der Waals surface area contributed by atoms with Crippen molar-refractivity contribution >= 4 is 11.6 Å². The highest BCUT2D eigenvalue weighted by atomic mass is 35.5. The predicted octanol–water partition coefficient (Wildman–Crippen LogP) is 2.46. The zero-order valence-corrected chi connectivity index (χ0v) is 9.42. The maximum Gasteiger partial charge on any atom is 0.413 e. The summed E-state index contributed by atoms with van der Waals surface area (Å²) in [6.07, 6.45) is -5.35. The maximum absolute atomic E-state index is 11.7. The van der Waals surface area contributed by atoms with Crippen molar-refractivity contribution in [2.75, 3.05) is 13.2 Å². The van der Waals surface area contributed by atoms with Crippen LogP contribution in [0.4, 0.5) is 13.2 Å². The van der Waals surface area contributed by atoms with Crippen LogP contribution in [0, 0.1) is 0 Å². The molecule has 2 N–H and O–H groups in total. The van der Waals surface area contributed by atoms with Gasteiger partial charge in [-0.1, -0.05) is 23.7 Å². The van der Waals surface area contributed by atoms with Crippen LogP contribution in [-0.4, -0.2) is 24.4 Å². The molecule has 0 aliphatic rings. The average molecular weight is 270 g/mol. The lowest BCUT2D eigenvalue weighted by molar-refractivity contribution is -0.191. The van der Waals surface area contributed by atoms with E-state index in [1.807, 2.05) is 0 Å². The molecule has 17 heavy (non-hydrogen) atoms. The first-order valence-corrected chi connectivity index (χ1v) is 5.11. The smallest absolute Gasteiger partial charge is 0.387 e. The van der Waals surface area contributed by atoms with Crippen molar-refractivity contribution in [1.82, 2.24) is 5.48 Å². The molecule has 0 saturated heterocycles. The Morgan fingerprint density at radius 3 is 2.41 bits per heavy atom. The first-order valence-electron chi connectivity index (χ1n) is 4.73. The molecule has 0 bridgehead atoms. The molecule has 3 nitrogen and oxygen atoms in total. The Hall–Kier alpha value is -0.820. The summed E-state index contributed by atoms with van der Waals surface area (Å²) in [6, 6.07) is 6.32. The molecule has 1 unspecified atom stereocenters. The highest BCUT2D eigenvalue weighted by Crippen LogP contribution is 2.16. The third kappa shape index (κ3) is 5.88. The summed E-state index contributed by atoms with van der Waals surface area (Å²) >= 11 is 5.65. The standard InChI is InChI=1S/C10H11ClF3NO2/c11-8-3-1-7(2-4-8)9(16)5-15-17-6-10(12,13)14/h1-4,9,15-16H,5-6H2. The molecule has 0 aliphatic carbocycles. The van der Waals surface area contributed by atoms with Gasteiger partial charge in [0.05, 0.1) is 12.6 Å². The molecule has 7 heteroatoms. The lowest BCUT2D eigenvalue weighted by Gasteiger charge is -2.13. The number of alkyl halides is 3. The van der Waals surface area contributed by atoms with Gasteiger partial charge in [0.2, 0.25) is 0 Å². The molecule has 0 radical (unpaired) electrons. The van der Waals surface area contributed by atoms with Crippen LogP contribution in [0.15, 0.2) is 24.3 Å². The molecule has 0 fully saturated rings. The number of nitrogens with one attached hydrogen (secondary N) is 1. The Morgan fingerprint density at radius 1 is 1.29 bits per heavy atom. The van der Waals surface area contributed by atoms with Crippen molar-refractivity contribution in [3.8, 4) is 0 Å². The van der Waals surface area contributed by atoms with E-state index in [-0.39, 0.29) is 6.54 Å². The van der Waals surface area contributed by atoms with Gasteiger partial charge in [-0.3, -0.25) is 4.84 Å². The number of hydrogen-bond donors (Lipinski definition) is 2. The van der Waals surface area contributed by atoms with E-state index in [0.29, 0.717) is 10.6 Å². The van der Waals surface area contributed by atoms with E-state index in [0.717, 1.165) is 0 Å². The number of benzene rings is 1. The molecule has 1 aromatic carbocycles. The second kappa shape index (κ2) is 6.20. The van der Waals surface area contributed by atoms with E-state index >= 15 is 0 Å². The second-order valence-corrected chi connectivity index (χ2v) is 3.76. The van der Waals surface area contributed by atoms with Gasteiger partial charge in [0.25, 0.3) is 0 Å². The Labute approximate surface area is 101 Å². The zero-order chi connectivity index (χ0) is 12.9. The quantitative estimate of drug-likeness (QED) is 0.637. The molecule has 1 rings (SSSR count). The van der Waals surface area contributed by atoms with Gasteiger partial charge in [0.1, 0.15) is 0 Å². The van der Waals surface area contributed by atoms with Crippen molar-refractivity contribution in [3.63, 3.8) is 0 Å². The zero-order valence-electron chi connectivity index (χ0n) is 8.67. The SMILES string of the molecule is OC(CNOCC(F)(F)F)c1ccc(Cl)cc1. The molecule has 0 amide bonds. The lowest BCUT2D eigenvalue weighted by atomic mass is 10.1. The minimum atomic E-state index is -4.39. The normalized spacial score (nSPS) is 13.7. The van der Waals surface area contributed by atoms with E-state index in [4.69, 9.17) is 11.6 Å². The van der Waals surface area contributed by atoms with Gasteiger partial charge in [0.15, 0.2) is 6.61 Å². The van der Waals surface area contributed by atoms with E-state index in [1.54, 1.807) is 24.3 Å². The molecule has 0 spiro atoms. The molecule has 96 valence electrons. The fourth-order valence-electron chi connectivity index (χ4n) is 1.07. The van der Waals surface area contributed by atoms with Crippen LogP contribution in [0.5, 0.6) is 0 Å². The van der Waals surface area contributed by atoms with Crippen LogP contribution >= 0.6 is 11.6 Å². The van der Waals surface area contributed by atoms with Crippen molar-refractivity contribution in [2.24, 2.45) is 0 Å². The fourth-order valence-corrected chi connectivity index (χ4v) is 1.20. The van der Waals surface area contributed by atoms with Gasteiger partial charge in [-0.25, -0.2) is 0 Å². The number of halogens is 4. The van der Waals surface area contributed by atoms with Gasteiger partial charge in [0, 0.05) is 5.02 Å². The lowest BCUT2D eigenvalue weighted by Crippen LogP contribution is -2.28. The molecule has 0 heterocycles. The Morgan fingerprint density at radius 2 is 1.88 bits per heavy atom. The highest BCUT2D eigenvalue weighted by Gasteiger charge is 2.27. The summed E-state index contributed by atoms with van der Waals surface area (Å²) in [5.74, 6) is 0. The molecular formula is C10H11ClF3NO2. The third-order valence-electron chi connectivity index (χ3n) is 1.87. The number of hydrogen-bond acceptors (Lipinski definition) is 3. The van der Waals surface area contributed by atoms with Crippen molar-refractivity contribution in [1.29, 1.82) is 0 Å². The van der Waals surface area contributed by atoms with Crippen LogP contribution in [0.25, 0.3) is 0 Å². The second-order valence-electron chi connectivity index (χ2n) is 3.32. The predicted molar refractivity (Wildman–Crippen MR) is 56.4 cm³/mol. The maximum atomic E-state index is 11.7. The van der Waals surface area contributed by atoms with Gasteiger partial charge in [-0.15, -0.1) is 0 Å². The Kier molecular flexibility index (Phi) is 5.20. The first-order chi connectivity index (χ1) is 7.88. The molecular weight excluding hydrogens is 259 g/mol. The van der Waals surface area contributed by atoms with Crippen LogP contribution in [0.1, 0.15) is 11.7 Å². The van der Waals surface area contributed by atoms with Gasteiger partial charge < -0.3 is 5.11 Å². The largest absolute Gasteiger partial charge is 0.413 e. The van der Waals surface area contributed by atoms with Crippen LogP contribution < -0.4 is 5.48 Å². The summed E-state index contributed by atoms with van der Waals surface area (Å²) in [7, 11) is 0. The fraction of sp³-hybridized carbons (Fsp3) is 0.400. The molecule has 1 aromatic rings. The number of rotatable bonds is 5. The summed E-state index contributed by atoms with van der Waals surface area (Å²) < 4.78 is 35.1. The van der Waals surface area contributed by atoms with Crippen LogP contribution in [0.2, 0.25) is 5.02 Å². The first kappa shape index (κ1) is 14.2. The number of aliphatic hydroxyl groups is 1. The van der Waals surface area contributed by atoms with E-state index in [1.165, 1.54) is 0 Å². The summed E-state index contributed by atoms with van der Waals surface area (Å²) in [6.45, 7) is -1.54. The Bertz CT molecular complexity index is 342. The number of aliphatic hydroxyl groups excluding tert-OH is 1. The van der Waals surface area contributed by atoms with E-state index in [9.17, 15) is 18.3 Å². The van der Waals surface area contributed by atoms with Crippen molar-refractivity contribution in [3.05, 3.63) is 34.9 Å². The topological polar surface area (TPSA) is 41.5 Å². The van der Waals surface area contributed by atoms with Gasteiger partial charge >= 0.3 is 6.18 Å². The molecule has 0 aliphatic heterocycles. The average Bonchev–Trinajstić information content (AvgIpc) is 2.24. The van der Waals surface area contributed by atoms with E-state index < -0.39 is 18.9 Å². The van der Waals surface area contributed by atoms with Crippen molar-refractivity contribution in [2.45, 2.75) is 12.3 Å². The molecule has 0 aromatic heterocycles. The number of hydroxylamine groups is 1. The van der Waals surface area contributed by atoms with Crippen LogP contribution in [0.3, 0.4) is 0 Å². The molecule has 0 saturated carbocycles.